The molecule has 0 fully saturated rings. The zero-order valence-electron chi connectivity index (χ0n) is 16.8. The van der Waals surface area contributed by atoms with Crippen LogP contribution >= 0.6 is 0 Å². The highest BCUT2D eigenvalue weighted by atomic mass is 15.3. The Morgan fingerprint density at radius 1 is 0.929 bits per heavy atom. The van der Waals surface area contributed by atoms with Gasteiger partial charge in [-0.1, -0.05) is 81.1 Å². The van der Waals surface area contributed by atoms with Crippen molar-refractivity contribution in [2.24, 2.45) is 0 Å². The second-order valence-corrected chi connectivity index (χ2v) is 8.20. The van der Waals surface area contributed by atoms with Gasteiger partial charge in [-0.05, 0) is 36.1 Å². The van der Waals surface area contributed by atoms with Gasteiger partial charge in [-0.3, -0.25) is 0 Å². The standard InChI is InChI=1S/C26H26N2/c1-5-26(4)22-15-10-14-21-20-13-8-7-12-19(20)18(3)28(24(21)22)25(26)27-23-16-9-6-11-17(23)2/h6-16,25,27H,3,5H2,1-2,4H3. The van der Waals surface area contributed by atoms with Crippen LogP contribution in [0.3, 0.4) is 0 Å². The molecule has 140 valence electrons. The van der Waals surface area contributed by atoms with E-state index in [1.807, 2.05) is 0 Å². The molecule has 2 aliphatic heterocycles. The van der Waals surface area contributed by atoms with E-state index in [1.54, 1.807) is 0 Å². The molecule has 1 N–H and O–H groups in total. The van der Waals surface area contributed by atoms with E-state index in [-0.39, 0.29) is 11.6 Å². The molecule has 5 rings (SSSR count). The summed E-state index contributed by atoms with van der Waals surface area (Å²) in [4.78, 5) is 2.45. The van der Waals surface area contributed by atoms with E-state index in [9.17, 15) is 0 Å². The van der Waals surface area contributed by atoms with Crippen molar-refractivity contribution < 1.29 is 0 Å². The summed E-state index contributed by atoms with van der Waals surface area (Å²) in [5, 5.41) is 3.89. The zero-order chi connectivity index (χ0) is 19.5. The lowest BCUT2D eigenvalue weighted by atomic mass is 9.78. The van der Waals surface area contributed by atoms with Gasteiger partial charge in [-0.2, -0.15) is 0 Å². The summed E-state index contributed by atoms with van der Waals surface area (Å²) in [7, 11) is 0. The highest BCUT2D eigenvalue weighted by molar-refractivity contribution is 6.02. The third-order valence-electron chi connectivity index (χ3n) is 6.74. The molecule has 2 atom stereocenters. The number of para-hydroxylation sites is 2. The quantitative estimate of drug-likeness (QED) is 0.564. The van der Waals surface area contributed by atoms with Gasteiger partial charge in [0.05, 0.1) is 5.69 Å². The fourth-order valence-electron chi connectivity index (χ4n) is 4.92. The maximum Gasteiger partial charge on any atom is 0.113 e. The number of rotatable bonds is 3. The van der Waals surface area contributed by atoms with Crippen molar-refractivity contribution in [3.8, 4) is 11.1 Å². The first-order valence-electron chi connectivity index (χ1n) is 10.1. The largest absolute Gasteiger partial charge is 0.364 e. The Morgan fingerprint density at radius 3 is 2.36 bits per heavy atom. The molecule has 0 saturated heterocycles. The van der Waals surface area contributed by atoms with Crippen molar-refractivity contribution in [1.82, 2.24) is 0 Å². The van der Waals surface area contributed by atoms with Crippen LogP contribution in [0.2, 0.25) is 0 Å². The van der Waals surface area contributed by atoms with Crippen molar-refractivity contribution in [3.63, 3.8) is 0 Å². The first-order valence-corrected chi connectivity index (χ1v) is 10.1. The van der Waals surface area contributed by atoms with E-state index in [0.717, 1.165) is 12.1 Å². The SMILES string of the molecule is C=C1c2ccccc2-c2cccc3c2N1C(Nc1ccccc1C)C3(C)CC. The van der Waals surface area contributed by atoms with Crippen LogP contribution < -0.4 is 10.2 Å². The van der Waals surface area contributed by atoms with Gasteiger partial charge in [-0.25, -0.2) is 0 Å². The van der Waals surface area contributed by atoms with Gasteiger partial charge >= 0.3 is 0 Å². The molecule has 2 unspecified atom stereocenters. The Labute approximate surface area is 167 Å². The molecule has 0 spiro atoms. The summed E-state index contributed by atoms with van der Waals surface area (Å²) >= 11 is 0. The molecule has 0 amide bonds. The molecule has 28 heavy (non-hydrogen) atoms. The van der Waals surface area contributed by atoms with Crippen LogP contribution in [-0.2, 0) is 5.41 Å². The molecule has 2 heteroatoms. The van der Waals surface area contributed by atoms with E-state index in [1.165, 1.54) is 39.2 Å². The summed E-state index contributed by atoms with van der Waals surface area (Å²) in [5.41, 5.74) is 10.1. The Hall–Kier alpha value is -3.00. The Kier molecular flexibility index (Phi) is 3.67. The molecule has 3 aromatic carbocycles. The van der Waals surface area contributed by atoms with Crippen LogP contribution in [-0.4, -0.2) is 6.17 Å². The zero-order valence-corrected chi connectivity index (χ0v) is 16.8. The number of benzene rings is 3. The van der Waals surface area contributed by atoms with Crippen molar-refractivity contribution in [3.05, 3.63) is 90.0 Å². The number of fused-ring (bicyclic) bond motifs is 2. The minimum atomic E-state index is -0.0153. The van der Waals surface area contributed by atoms with Crippen LogP contribution in [0.4, 0.5) is 11.4 Å². The summed E-state index contributed by atoms with van der Waals surface area (Å²) in [6.07, 6.45) is 1.17. The minimum Gasteiger partial charge on any atom is -0.364 e. The number of aryl methyl sites for hydroxylation is 1. The van der Waals surface area contributed by atoms with Gasteiger partial charge in [0.15, 0.2) is 0 Å². The van der Waals surface area contributed by atoms with Crippen molar-refractivity contribution >= 4 is 17.1 Å². The predicted molar refractivity (Wildman–Crippen MR) is 120 cm³/mol. The van der Waals surface area contributed by atoms with Crippen LogP contribution in [0.15, 0.2) is 73.3 Å². The first kappa shape index (κ1) is 17.1. The molecule has 2 aliphatic rings. The van der Waals surface area contributed by atoms with Crippen LogP contribution in [0, 0.1) is 6.92 Å². The molecule has 0 saturated carbocycles. The molecule has 2 heterocycles. The Bertz CT molecular complexity index is 1100. The monoisotopic (exact) mass is 366 g/mol. The normalized spacial score (nSPS) is 22.0. The van der Waals surface area contributed by atoms with E-state index in [0.29, 0.717) is 0 Å². The topological polar surface area (TPSA) is 15.3 Å². The molecule has 2 nitrogen and oxygen atoms in total. The molecule has 0 aliphatic carbocycles. The maximum atomic E-state index is 4.54. The molecular weight excluding hydrogens is 340 g/mol. The highest BCUT2D eigenvalue weighted by Crippen LogP contribution is 2.57. The predicted octanol–water partition coefficient (Wildman–Crippen LogP) is 6.57. The number of anilines is 2. The second-order valence-electron chi connectivity index (χ2n) is 8.20. The van der Waals surface area contributed by atoms with Gasteiger partial charge in [-0.15, -0.1) is 0 Å². The maximum absolute atomic E-state index is 4.54. The van der Waals surface area contributed by atoms with Gasteiger partial charge in [0, 0.05) is 27.9 Å². The molecule has 0 aromatic heterocycles. The minimum absolute atomic E-state index is 0.0153. The van der Waals surface area contributed by atoms with Gasteiger partial charge in [0.25, 0.3) is 0 Å². The number of hydrogen-bond acceptors (Lipinski definition) is 2. The smallest absolute Gasteiger partial charge is 0.113 e. The Morgan fingerprint density at radius 2 is 1.61 bits per heavy atom. The van der Waals surface area contributed by atoms with Crippen LogP contribution in [0.25, 0.3) is 16.8 Å². The fourth-order valence-corrected chi connectivity index (χ4v) is 4.92. The number of hydrogen-bond donors (Lipinski definition) is 1. The van der Waals surface area contributed by atoms with E-state index < -0.39 is 0 Å². The lowest BCUT2D eigenvalue weighted by Gasteiger charge is -2.40. The van der Waals surface area contributed by atoms with Gasteiger partial charge in [0.2, 0.25) is 0 Å². The lowest BCUT2D eigenvalue weighted by molar-refractivity contribution is 0.414. The van der Waals surface area contributed by atoms with Crippen molar-refractivity contribution in [2.45, 2.75) is 38.8 Å². The summed E-state index contributed by atoms with van der Waals surface area (Å²) < 4.78 is 0. The van der Waals surface area contributed by atoms with E-state index >= 15 is 0 Å². The van der Waals surface area contributed by atoms with E-state index in [2.05, 4.69) is 104 Å². The third-order valence-corrected chi connectivity index (χ3v) is 6.74. The molecule has 0 radical (unpaired) electrons. The average Bonchev–Trinajstić information content (AvgIpc) is 2.98. The first-order chi connectivity index (χ1) is 13.6. The van der Waals surface area contributed by atoms with Crippen molar-refractivity contribution in [2.75, 3.05) is 10.2 Å². The molecule has 3 aromatic rings. The van der Waals surface area contributed by atoms with Crippen LogP contribution in [0.1, 0.15) is 37.0 Å². The molecular formula is C26H26N2. The Balaban J connectivity index is 1.74. The molecule has 0 bridgehead atoms. The van der Waals surface area contributed by atoms with Crippen molar-refractivity contribution in [1.29, 1.82) is 0 Å². The average molecular weight is 367 g/mol. The third kappa shape index (κ3) is 2.15. The lowest BCUT2D eigenvalue weighted by Crippen LogP contribution is -2.48. The number of nitrogens with zero attached hydrogens (tertiary/aromatic N) is 1. The summed E-state index contributed by atoms with van der Waals surface area (Å²) in [6.45, 7) is 11.4. The van der Waals surface area contributed by atoms with Gasteiger partial charge in [0.1, 0.15) is 6.17 Å². The fraction of sp³-hybridized carbons (Fsp3) is 0.231. The summed E-state index contributed by atoms with van der Waals surface area (Å²) in [5.74, 6) is 0. The second kappa shape index (κ2) is 6.00. The van der Waals surface area contributed by atoms with Crippen LogP contribution in [0.5, 0.6) is 0 Å². The summed E-state index contributed by atoms with van der Waals surface area (Å²) in [6, 6.07) is 24.0. The number of nitrogens with one attached hydrogen (secondary N) is 1. The highest BCUT2D eigenvalue weighted by Gasteiger charge is 2.50. The van der Waals surface area contributed by atoms with E-state index in [4.69, 9.17) is 0 Å². The van der Waals surface area contributed by atoms with Gasteiger partial charge < -0.3 is 10.2 Å².